The molecule has 281 valence electrons. The quantitative estimate of drug-likeness (QED) is 0.150. The van der Waals surface area contributed by atoms with Crippen LogP contribution in [0, 0.1) is 24.0 Å². The molecule has 9 rings (SSSR count). The van der Waals surface area contributed by atoms with E-state index in [1.165, 1.54) is 16.3 Å². The first-order valence-electron chi connectivity index (χ1n) is 19.2. The van der Waals surface area contributed by atoms with Crippen molar-refractivity contribution in [1.82, 2.24) is 14.1 Å². The van der Waals surface area contributed by atoms with Gasteiger partial charge >= 0.3 is 0 Å². The molecule has 0 saturated heterocycles. The van der Waals surface area contributed by atoms with Crippen LogP contribution >= 0.6 is 0 Å². The third-order valence-electron chi connectivity index (χ3n) is 11.0. The van der Waals surface area contributed by atoms with E-state index in [0.717, 1.165) is 66.6 Å². The molecule has 7 heteroatoms. The van der Waals surface area contributed by atoms with E-state index in [1.807, 2.05) is 10.8 Å². The maximum Gasteiger partial charge on any atom is 0.148 e. The molecule has 6 nitrogen and oxygen atoms in total. The van der Waals surface area contributed by atoms with Crippen LogP contribution in [0.25, 0.3) is 82.5 Å². The zero-order valence-electron chi connectivity index (χ0n) is 32.7. The van der Waals surface area contributed by atoms with Crippen molar-refractivity contribution in [3.63, 3.8) is 0 Å². The van der Waals surface area contributed by atoms with E-state index in [2.05, 4.69) is 154 Å². The first-order valence-corrected chi connectivity index (χ1v) is 19.2. The third-order valence-corrected chi connectivity index (χ3v) is 11.0. The number of fused-ring (bicyclic) bond motifs is 6. The molecule has 3 heterocycles. The number of rotatable bonds is 7. The Hall–Kier alpha value is -6.24. The molecule has 0 atom stereocenters. The molecule has 0 amide bonds. The molecule has 0 spiro atoms. The van der Waals surface area contributed by atoms with Crippen LogP contribution in [0.3, 0.4) is 0 Å². The van der Waals surface area contributed by atoms with Gasteiger partial charge in [-0.05, 0) is 106 Å². The van der Waals surface area contributed by atoms with Crippen LogP contribution in [0.15, 0.2) is 120 Å². The summed E-state index contributed by atoms with van der Waals surface area (Å²) in [6, 6.07) is 43.9. The zero-order chi connectivity index (χ0) is 38.8. The number of aromatic nitrogens is 3. The Morgan fingerprint density at radius 3 is 2.12 bits per heavy atom. The normalized spacial score (nSPS) is 11.6. The van der Waals surface area contributed by atoms with Gasteiger partial charge in [-0.25, -0.2) is 0 Å². The number of nitriles is 1. The number of benzene rings is 6. The summed E-state index contributed by atoms with van der Waals surface area (Å²) in [4.78, 5) is 8.36. The molecule has 0 aliphatic carbocycles. The monoisotopic (exact) mass is 919 g/mol. The van der Waals surface area contributed by atoms with E-state index in [-0.39, 0.29) is 31.9 Å². The first kappa shape index (κ1) is 37.7. The van der Waals surface area contributed by atoms with Gasteiger partial charge in [-0.3, -0.25) is 9.83 Å². The molecule has 0 unspecified atom stereocenters. The maximum absolute atomic E-state index is 9.97. The van der Waals surface area contributed by atoms with Crippen molar-refractivity contribution in [3.8, 4) is 40.0 Å². The number of hydrogen-bond acceptors (Lipinski definition) is 3. The number of furan rings is 1. The Balaban J connectivity index is 0.00000455. The Morgan fingerprint density at radius 2 is 1.42 bits per heavy atom. The van der Waals surface area contributed by atoms with Crippen molar-refractivity contribution in [2.45, 2.75) is 59.3 Å². The molecule has 6 aromatic carbocycles. The van der Waals surface area contributed by atoms with Crippen molar-refractivity contribution in [2.75, 3.05) is 0 Å². The van der Waals surface area contributed by atoms with E-state index in [4.69, 9.17) is 16.0 Å². The molecule has 1 radical (unpaired) electrons. The second kappa shape index (κ2) is 14.7. The predicted octanol–water partition coefficient (Wildman–Crippen LogP) is 13.8. The average Bonchev–Trinajstić information content (AvgIpc) is 3.91. The number of imidazole rings is 1. The van der Waals surface area contributed by atoms with Crippen molar-refractivity contribution >= 4 is 49.4 Å². The van der Waals surface area contributed by atoms with Gasteiger partial charge in [0.15, 0.2) is 0 Å². The van der Waals surface area contributed by atoms with Crippen molar-refractivity contribution < 1.29 is 24.5 Å². The van der Waals surface area contributed by atoms with Gasteiger partial charge in [0.1, 0.15) is 28.6 Å². The van der Waals surface area contributed by atoms with Gasteiger partial charge in [0, 0.05) is 59.2 Å². The van der Waals surface area contributed by atoms with Gasteiger partial charge in [0.2, 0.25) is 0 Å². The summed E-state index contributed by atoms with van der Waals surface area (Å²) in [7, 11) is 0. The minimum Gasteiger partial charge on any atom is -0.456 e. The summed E-state index contributed by atoms with van der Waals surface area (Å²) >= 11 is 0. The van der Waals surface area contributed by atoms with E-state index >= 15 is 0 Å². The van der Waals surface area contributed by atoms with Gasteiger partial charge in [-0.2, -0.15) is 11.3 Å². The first-order chi connectivity index (χ1) is 27.1. The third kappa shape index (κ3) is 6.34. The van der Waals surface area contributed by atoms with Gasteiger partial charge in [-0.15, -0.1) is 23.8 Å². The molecule has 9 aromatic rings. The summed E-state index contributed by atoms with van der Waals surface area (Å²) in [5, 5.41) is 14.6. The summed E-state index contributed by atoms with van der Waals surface area (Å²) in [6.07, 6.45) is 1.81. The van der Waals surface area contributed by atoms with Crippen LogP contribution in [0.5, 0.6) is 0 Å². The summed E-state index contributed by atoms with van der Waals surface area (Å²) < 4.78 is 10.7. The van der Waals surface area contributed by atoms with Crippen molar-refractivity contribution in [1.29, 1.82) is 5.26 Å². The fourth-order valence-electron chi connectivity index (χ4n) is 8.16. The number of nitrogens with zero attached hydrogens (tertiary/aromatic N) is 5. The molecular formula is C50H40IrN5O-. The molecule has 0 aliphatic rings. The van der Waals surface area contributed by atoms with Crippen LogP contribution in [0.4, 0.5) is 5.69 Å². The van der Waals surface area contributed by atoms with Crippen LogP contribution in [-0.2, 0) is 20.1 Å². The standard InChI is InChI=1S/C50H40N5O.Ir/c1-29(2)32-16-19-47-43(22-32)44-26-38(17-20-48(44)56-47)55-45-14-9-8-13-39(45)42-23-33(15-18-46(42)55)35-24-40(30(3)4)49(41(25-35)31(5)6)54-28-37(27-51)53-50(54)34-11-10-12-36(21-34)52-7;/h8-10,12-26,28-31H,1-6H3;/q-1;. The minimum absolute atomic E-state index is 0. The molecule has 0 bridgehead atoms. The Bertz CT molecular complexity index is 3080. The summed E-state index contributed by atoms with van der Waals surface area (Å²) in [5.74, 6) is 1.35. The van der Waals surface area contributed by atoms with Crippen LogP contribution in [-0.4, -0.2) is 14.1 Å². The van der Waals surface area contributed by atoms with Gasteiger partial charge in [0.05, 0.1) is 23.4 Å². The van der Waals surface area contributed by atoms with Gasteiger partial charge in [0.25, 0.3) is 0 Å². The van der Waals surface area contributed by atoms with Crippen LogP contribution < -0.4 is 0 Å². The molecule has 0 N–H and O–H groups in total. The Kier molecular flexibility index (Phi) is 9.70. The fraction of sp³-hybridized carbons (Fsp3) is 0.180. The van der Waals surface area contributed by atoms with Crippen molar-refractivity contribution in [2.24, 2.45) is 0 Å². The molecule has 0 fully saturated rings. The van der Waals surface area contributed by atoms with E-state index in [9.17, 15) is 5.26 Å². The van der Waals surface area contributed by atoms with Gasteiger partial charge in [-0.1, -0.05) is 71.9 Å². The SMILES string of the molecule is [C-]#[N+]c1cc[c-]c(-c2nc(C#N)cn2-c2c(C(C)C)cc(-c3ccc4c(c3)c3ccccc3n4-c3ccc4oc5ccc(C(C)C)cc5c4c3)cc2C(C)C)c1.[Ir]. The maximum atomic E-state index is 9.97. The average molecular weight is 919 g/mol. The van der Waals surface area contributed by atoms with E-state index < -0.39 is 0 Å². The van der Waals surface area contributed by atoms with Crippen LogP contribution in [0.2, 0.25) is 0 Å². The van der Waals surface area contributed by atoms with E-state index in [1.54, 1.807) is 18.2 Å². The largest absolute Gasteiger partial charge is 0.456 e. The topological polar surface area (TPSA) is 64.0 Å². The smallest absolute Gasteiger partial charge is 0.148 e. The Labute approximate surface area is 346 Å². The number of para-hydroxylation sites is 1. The van der Waals surface area contributed by atoms with E-state index in [0.29, 0.717) is 28.7 Å². The molecule has 3 aromatic heterocycles. The fourth-order valence-corrected chi connectivity index (χ4v) is 8.16. The second-order valence-corrected chi connectivity index (χ2v) is 15.6. The predicted molar refractivity (Wildman–Crippen MR) is 228 cm³/mol. The minimum atomic E-state index is 0. The molecular weight excluding hydrogens is 879 g/mol. The second-order valence-electron chi connectivity index (χ2n) is 15.6. The zero-order valence-corrected chi connectivity index (χ0v) is 35.1. The summed E-state index contributed by atoms with van der Waals surface area (Å²) in [5.41, 5.74) is 13.6. The van der Waals surface area contributed by atoms with Crippen molar-refractivity contribution in [3.05, 3.63) is 155 Å². The van der Waals surface area contributed by atoms with Gasteiger partial charge < -0.3 is 13.6 Å². The molecule has 57 heavy (non-hydrogen) atoms. The Morgan fingerprint density at radius 1 is 0.719 bits per heavy atom. The number of hydrogen-bond donors (Lipinski definition) is 0. The summed E-state index contributed by atoms with van der Waals surface area (Å²) in [6.45, 7) is 20.9. The van der Waals surface area contributed by atoms with Crippen LogP contribution in [0.1, 0.15) is 81.7 Å². The molecule has 0 aliphatic heterocycles. The molecule has 0 saturated carbocycles.